The lowest BCUT2D eigenvalue weighted by Gasteiger charge is -2.04. The number of hydrogen-bond donors (Lipinski definition) is 2. The van der Waals surface area contributed by atoms with E-state index in [4.69, 9.17) is 0 Å². The minimum absolute atomic E-state index is 0.0731. The average molecular weight is 389 g/mol. The third-order valence-electron chi connectivity index (χ3n) is 4.25. The number of carbonyl (C=O) groups is 2. The maximum atomic E-state index is 13.4. The van der Waals surface area contributed by atoms with E-state index >= 15 is 0 Å². The van der Waals surface area contributed by atoms with Gasteiger partial charge >= 0.3 is 0 Å². The van der Waals surface area contributed by atoms with Crippen LogP contribution in [-0.4, -0.2) is 26.2 Å². The average Bonchev–Trinajstić information content (AvgIpc) is 3.13. The molecular weight excluding hydrogens is 373 g/mol. The van der Waals surface area contributed by atoms with E-state index in [1.807, 2.05) is 0 Å². The minimum Gasteiger partial charge on any atom is -0.345 e. The summed E-state index contributed by atoms with van der Waals surface area (Å²) in [5.74, 6) is -1.34. The Morgan fingerprint density at radius 2 is 1.83 bits per heavy atom. The topological polar surface area (TPSA) is 88.4 Å². The van der Waals surface area contributed by atoms with Gasteiger partial charge in [-0.25, -0.2) is 9.37 Å². The highest BCUT2D eigenvalue weighted by molar-refractivity contribution is 6.08. The lowest BCUT2D eigenvalue weighted by molar-refractivity contribution is 0.0940. The van der Waals surface area contributed by atoms with Crippen molar-refractivity contribution in [3.05, 3.63) is 96.1 Å². The van der Waals surface area contributed by atoms with Gasteiger partial charge in [-0.05, 0) is 48.0 Å². The fourth-order valence-corrected chi connectivity index (χ4v) is 2.88. The van der Waals surface area contributed by atoms with Crippen LogP contribution >= 0.6 is 0 Å². The van der Waals surface area contributed by atoms with Crippen LogP contribution in [0.2, 0.25) is 0 Å². The molecule has 7 nitrogen and oxygen atoms in total. The van der Waals surface area contributed by atoms with Gasteiger partial charge in [-0.3, -0.25) is 19.0 Å². The number of amides is 2. The second-order valence-electron chi connectivity index (χ2n) is 6.24. The van der Waals surface area contributed by atoms with Gasteiger partial charge in [-0.2, -0.15) is 0 Å². The molecular formula is C21H16FN5O2. The third-order valence-corrected chi connectivity index (χ3v) is 4.25. The van der Waals surface area contributed by atoms with Crippen LogP contribution in [-0.2, 0) is 6.54 Å². The molecule has 2 N–H and O–H groups in total. The predicted octanol–water partition coefficient (Wildman–Crippen LogP) is 3.05. The van der Waals surface area contributed by atoms with Gasteiger partial charge in [0.2, 0.25) is 5.82 Å². The molecule has 0 aliphatic heterocycles. The molecule has 4 rings (SSSR count). The Kier molecular flexibility index (Phi) is 4.98. The van der Waals surface area contributed by atoms with E-state index in [1.54, 1.807) is 59.4 Å². The molecule has 8 heteroatoms. The van der Waals surface area contributed by atoms with Gasteiger partial charge in [-0.15, -0.1) is 0 Å². The second kappa shape index (κ2) is 7.89. The van der Waals surface area contributed by atoms with Crippen molar-refractivity contribution in [3.8, 4) is 0 Å². The van der Waals surface area contributed by atoms with Gasteiger partial charge in [0.15, 0.2) is 5.69 Å². The maximum Gasteiger partial charge on any atom is 0.287 e. The first-order chi connectivity index (χ1) is 14.1. The Labute approximate surface area is 165 Å². The molecule has 144 valence electrons. The normalized spacial score (nSPS) is 10.7. The van der Waals surface area contributed by atoms with Gasteiger partial charge in [0.25, 0.3) is 11.8 Å². The molecule has 2 amide bonds. The summed E-state index contributed by atoms with van der Waals surface area (Å²) < 4.78 is 14.9. The molecule has 0 unspecified atom stereocenters. The summed E-state index contributed by atoms with van der Waals surface area (Å²) in [6, 6.07) is 14.3. The lowest BCUT2D eigenvalue weighted by atomic mass is 10.2. The second-order valence-corrected chi connectivity index (χ2v) is 6.24. The quantitative estimate of drug-likeness (QED) is 0.549. The number of aromatic nitrogens is 3. The molecule has 0 fully saturated rings. The van der Waals surface area contributed by atoms with Gasteiger partial charge in [0, 0.05) is 30.8 Å². The number of imidazole rings is 1. The molecule has 0 aliphatic rings. The third kappa shape index (κ3) is 3.96. The minimum atomic E-state index is -0.535. The summed E-state index contributed by atoms with van der Waals surface area (Å²) >= 11 is 0. The van der Waals surface area contributed by atoms with Crippen LogP contribution in [0.15, 0.2) is 73.2 Å². The Morgan fingerprint density at radius 1 is 1.00 bits per heavy atom. The van der Waals surface area contributed by atoms with Crippen LogP contribution in [0.4, 0.5) is 10.1 Å². The highest BCUT2D eigenvalue weighted by atomic mass is 19.1. The van der Waals surface area contributed by atoms with Crippen LogP contribution in [0.3, 0.4) is 0 Å². The number of nitrogens with zero attached hydrogens (tertiary/aromatic N) is 3. The summed E-state index contributed by atoms with van der Waals surface area (Å²) in [6.07, 6.45) is 4.94. The van der Waals surface area contributed by atoms with Crippen molar-refractivity contribution in [2.75, 3.05) is 5.32 Å². The van der Waals surface area contributed by atoms with E-state index in [0.717, 1.165) is 5.56 Å². The number of carbonyl (C=O) groups excluding carboxylic acids is 2. The van der Waals surface area contributed by atoms with Crippen molar-refractivity contribution in [2.45, 2.75) is 6.54 Å². The Bertz CT molecular complexity index is 1190. The Morgan fingerprint density at radius 3 is 2.62 bits per heavy atom. The van der Waals surface area contributed by atoms with Crippen molar-refractivity contribution in [1.29, 1.82) is 0 Å². The largest absolute Gasteiger partial charge is 0.345 e. The van der Waals surface area contributed by atoms with Crippen LogP contribution in [0.25, 0.3) is 5.52 Å². The summed E-state index contributed by atoms with van der Waals surface area (Å²) in [4.78, 5) is 33.6. The summed E-state index contributed by atoms with van der Waals surface area (Å²) in [5.41, 5.74) is 1.73. The molecule has 0 aliphatic carbocycles. The number of benzene rings is 1. The first-order valence-electron chi connectivity index (χ1n) is 8.83. The number of anilines is 1. The van der Waals surface area contributed by atoms with E-state index in [0.29, 0.717) is 17.7 Å². The molecule has 0 saturated carbocycles. The molecule has 4 aromatic rings. The van der Waals surface area contributed by atoms with E-state index in [1.165, 1.54) is 18.2 Å². The highest BCUT2D eigenvalue weighted by Gasteiger charge is 2.21. The predicted molar refractivity (Wildman–Crippen MR) is 105 cm³/mol. The Hall–Kier alpha value is -4.07. The standard InChI is InChI=1S/C21H16FN5O2/c22-15-4-3-5-16(12-15)25-20(28)18-17-6-1-2-11-27(17)19(26-18)21(29)24-13-14-7-9-23-10-8-14/h1-12H,13H2,(H,24,29)(H,25,28). The smallest absolute Gasteiger partial charge is 0.287 e. The SMILES string of the molecule is O=C(Nc1cccc(F)c1)c1nc(C(=O)NCc2ccncc2)n2ccccc12. The molecule has 0 radical (unpaired) electrons. The van der Waals surface area contributed by atoms with Crippen LogP contribution in [0.1, 0.15) is 26.7 Å². The van der Waals surface area contributed by atoms with Crippen molar-refractivity contribution in [3.63, 3.8) is 0 Å². The molecule has 0 spiro atoms. The zero-order valence-electron chi connectivity index (χ0n) is 15.2. The summed E-state index contributed by atoms with van der Waals surface area (Å²) in [6.45, 7) is 0.300. The van der Waals surface area contributed by atoms with Gasteiger partial charge in [0.1, 0.15) is 5.82 Å². The van der Waals surface area contributed by atoms with Crippen molar-refractivity contribution >= 4 is 23.0 Å². The number of rotatable bonds is 5. The number of nitrogens with one attached hydrogen (secondary N) is 2. The van der Waals surface area contributed by atoms with E-state index in [9.17, 15) is 14.0 Å². The number of hydrogen-bond acceptors (Lipinski definition) is 4. The zero-order valence-corrected chi connectivity index (χ0v) is 15.2. The summed E-state index contributed by atoms with van der Waals surface area (Å²) in [7, 11) is 0. The molecule has 3 aromatic heterocycles. The number of fused-ring (bicyclic) bond motifs is 1. The maximum absolute atomic E-state index is 13.4. The van der Waals surface area contributed by atoms with Crippen molar-refractivity contribution in [1.82, 2.24) is 19.7 Å². The first kappa shape index (κ1) is 18.3. The van der Waals surface area contributed by atoms with Gasteiger partial charge in [0.05, 0.1) is 5.52 Å². The van der Waals surface area contributed by atoms with Gasteiger partial charge < -0.3 is 10.6 Å². The highest BCUT2D eigenvalue weighted by Crippen LogP contribution is 2.16. The number of pyridine rings is 2. The van der Waals surface area contributed by atoms with Crippen molar-refractivity contribution < 1.29 is 14.0 Å². The Balaban J connectivity index is 1.61. The molecule has 0 saturated heterocycles. The van der Waals surface area contributed by atoms with Crippen LogP contribution in [0.5, 0.6) is 0 Å². The zero-order chi connectivity index (χ0) is 20.2. The fraction of sp³-hybridized carbons (Fsp3) is 0.0476. The summed E-state index contributed by atoms with van der Waals surface area (Å²) in [5, 5.41) is 5.39. The van der Waals surface area contributed by atoms with E-state index in [-0.39, 0.29) is 11.5 Å². The monoisotopic (exact) mass is 389 g/mol. The van der Waals surface area contributed by atoms with Crippen LogP contribution < -0.4 is 10.6 Å². The molecule has 1 aromatic carbocycles. The number of halogens is 1. The van der Waals surface area contributed by atoms with Crippen LogP contribution in [0, 0.1) is 5.82 Å². The van der Waals surface area contributed by atoms with E-state index in [2.05, 4.69) is 20.6 Å². The van der Waals surface area contributed by atoms with Crippen molar-refractivity contribution in [2.24, 2.45) is 0 Å². The van der Waals surface area contributed by atoms with Gasteiger partial charge in [-0.1, -0.05) is 12.1 Å². The lowest BCUT2D eigenvalue weighted by Crippen LogP contribution is -2.25. The fourth-order valence-electron chi connectivity index (χ4n) is 2.88. The molecule has 0 atom stereocenters. The molecule has 3 heterocycles. The molecule has 29 heavy (non-hydrogen) atoms. The van der Waals surface area contributed by atoms with E-state index < -0.39 is 17.6 Å². The molecule has 0 bridgehead atoms. The first-order valence-corrected chi connectivity index (χ1v) is 8.83.